The first-order valence-electron chi connectivity index (χ1n) is 10.9. The van der Waals surface area contributed by atoms with E-state index in [1.54, 1.807) is 24.5 Å². The average molecular weight is 454 g/mol. The van der Waals surface area contributed by atoms with Crippen LogP contribution in [0.2, 0.25) is 0 Å². The van der Waals surface area contributed by atoms with Gasteiger partial charge in [0.15, 0.2) is 5.13 Å². The molecule has 0 radical (unpaired) electrons. The summed E-state index contributed by atoms with van der Waals surface area (Å²) < 4.78 is 5.11. The second-order valence-electron chi connectivity index (χ2n) is 7.57. The number of hydrogen-bond donors (Lipinski definition) is 1. The lowest BCUT2D eigenvalue weighted by Crippen LogP contribution is -2.44. The third-order valence-corrected chi connectivity index (χ3v) is 6.42. The van der Waals surface area contributed by atoms with Gasteiger partial charge in [-0.15, -0.1) is 0 Å². The molecule has 1 atom stereocenters. The van der Waals surface area contributed by atoms with E-state index in [2.05, 4.69) is 15.2 Å². The minimum atomic E-state index is -0.433. The molecule has 1 unspecified atom stereocenters. The Labute approximate surface area is 191 Å². The quantitative estimate of drug-likeness (QED) is 0.574. The predicted octanol–water partition coefficient (Wildman–Crippen LogP) is 3.61. The molecule has 8 nitrogen and oxygen atoms in total. The van der Waals surface area contributed by atoms with Gasteiger partial charge in [0.25, 0.3) is 0 Å². The van der Waals surface area contributed by atoms with Crippen LogP contribution in [0.1, 0.15) is 31.4 Å². The highest BCUT2D eigenvalue weighted by atomic mass is 32.1. The zero-order valence-electron chi connectivity index (χ0n) is 18.1. The number of fused-ring (bicyclic) bond motifs is 1. The molecule has 168 valence electrons. The number of carbonyl (C=O) groups excluding carboxylic acids is 2. The van der Waals surface area contributed by atoms with Gasteiger partial charge in [0, 0.05) is 32.4 Å². The Morgan fingerprint density at radius 3 is 2.75 bits per heavy atom. The van der Waals surface area contributed by atoms with Gasteiger partial charge in [-0.25, -0.2) is 14.8 Å². The summed E-state index contributed by atoms with van der Waals surface area (Å²) in [7, 11) is 0. The molecule has 1 aliphatic rings. The third-order valence-electron chi connectivity index (χ3n) is 5.38. The number of pyridine rings is 1. The zero-order chi connectivity index (χ0) is 22.3. The molecule has 32 heavy (non-hydrogen) atoms. The third kappa shape index (κ3) is 5.34. The number of anilines is 1. The molecule has 3 aromatic rings. The number of nitrogens with one attached hydrogen (secondary N) is 1. The molecule has 9 heteroatoms. The van der Waals surface area contributed by atoms with Crippen LogP contribution in [0.4, 0.5) is 9.93 Å². The fraction of sp³-hybridized carbons (Fsp3) is 0.391. The van der Waals surface area contributed by atoms with Crippen LogP contribution >= 0.6 is 11.3 Å². The number of benzene rings is 1. The molecule has 1 fully saturated rings. The second kappa shape index (κ2) is 10.4. The molecule has 0 aliphatic carbocycles. The number of ether oxygens (including phenoxy) is 1. The van der Waals surface area contributed by atoms with Gasteiger partial charge in [-0.3, -0.25) is 4.79 Å². The number of amides is 2. The van der Waals surface area contributed by atoms with E-state index in [0.29, 0.717) is 26.2 Å². The van der Waals surface area contributed by atoms with Gasteiger partial charge in [-0.05, 0) is 31.0 Å². The predicted molar refractivity (Wildman–Crippen MR) is 125 cm³/mol. The average Bonchev–Trinajstić information content (AvgIpc) is 3.08. The van der Waals surface area contributed by atoms with Crippen LogP contribution < -0.4 is 10.2 Å². The lowest BCUT2D eigenvalue weighted by atomic mass is 10.0. The summed E-state index contributed by atoms with van der Waals surface area (Å²) in [6.45, 7) is 4.84. The highest BCUT2D eigenvalue weighted by Crippen LogP contribution is 2.27. The van der Waals surface area contributed by atoms with E-state index >= 15 is 0 Å². The minimum Gasteiger partial charge on any atom is -0.466 e. The fourth-order valence-electron chi connectivity index (χ4n) is 3.77. The second-order valence-corrected chi connectivity index (χ2v) is 8.53. The molecule has 1 aliphatic heterocycles. The topological polar surface area (TPSA) is 87.7 Å². The largest absolute Gasteiger partial charge is 0.466 e. The molecule has 1 aromatic carbocycles. The minimum absolute atomic E-state index is 0.0995. The highest BCUT2D eigenvalue weighted by molar-refractivity contribution is 7.21. The van der Waals surface area contributed by atoms with E-state index in [0.717, 1.165) is 34.0 Å². The molecule has 2 amide bonds. The normalized spacial score (nSPS) is 15.3. The van der Waals surface area contributed by atoms with Crippen molar-refractivity contribution in [3.05, 3.63) is 54.2 Å². The molecule has 1 N–H and O–H groups in total. The zero-order valence-corrected chi connectivity index (χ0v) is 18.9. The Hall–Kier alpha value is -3.20. The SMILES string of the molecule is CCOC(=O)CC(NC(=O)N1CCCN(c2nc3cccnc3s2)CC1)c1ccccc1. The van der Waals surface area contributed by atoms with Crippen molar-refractivity contribution in [3.63, 3.8) is 0 Å². The van der Waals surface area contributed by atoms with Crippen LogP contribution in [0, 0.1) is 0 Å². The van der Waals surface area contributed by atoms with Crippen LogP contribution in [0.15, 0.2) is 48.7 Å². The van der Waals surface area contributed by atoms with Crippen LogP contribution in [0.25, 0.3) is 10.3 Å². The summed E-state index contributed by atoms with van der Waals surface area (Å²) in [5.74, 6) is -0.326. The number of urea groups is 1. The van der Waals surface area contributed by atoms with Gasteiger partial charge in [-0.1, -0.05) is 41.7 Å². The van der Waals surface area contributed by atoms with E-state index < -0.39 is 6.04 Å². The summed E-state index contributed by atoms with van der Waals surface area (Å²) >= 11 is 1.58. The monoisotopic (exact) mass is 453 g/mol. The smallest absolute Gasteiger partial charge is 0.317 e. The van der Waals surface area contributed by atoms with Crippen molar-refractivity contribution in [2.75, 3.05) is 37.7 Å². The van der Waals surface area contributed by atoms with Crippen molar-refractivity contribution in [1.82, 2.24) is 20.2 Å². The number of nitrogens with zero attached hydrogens (tertiary/aromatic N) is 4. The summed E-state index contributed by atoms with van der Waals surface area (Å²) in [6, 6.07) is 12.8. The van der Waals surface area contributed by atoms with Crippen LogP contribution in [0.5, 0.6) is 0 Å². The van der Waals surface area contributed by atoms with Crippen LogP contribution in [0.3, 0.4) is 0 Å². The van der Waals surface area contributed by atoms with Gasteiger partial charge in [-0.2, -0.15) is 0 Å². The Bertz CT molecular complexity index is 1020. The number of aromatic nitrogens is 2. The van der Waals surface area contributed by atoms with Gasteiger partial charge in [0.1, 0.15) is 10.3 Å². The summed E-state index contributed by atoms with van der Waals surface area (Å²) in [6.07, 6.45) is 2.71. The van der Waals surface area contributed by atoms with Gasteiger partial charge in [0.2, 0.25) is 0 Å². The molecule has 0 saturated carbocycles. The van der Waals surface area contributed by atoms with E-state index in [4.69, 9.17) is 9.72 Å². The van der Waals surface area contributed by atoms with E-state index in [-0.39, 0.29) is 18.4 Å². The van der Waals surface area contributed by atoms with Crippen molar-refractivity contribution < 1.29 is 14.3 Å². The molecule has 1 saturated heterocycles. The Kier molecular flexibility index (Phi) is 7.16. The van der Waals surface area contributed by atoms with Crippen LogP contribution in [-0.4, -0.2) is 59.7 Å². The van der Waals surface area contributed by atoms with Crippen molar-refractivity contribution in [1.29, 1.82) is 0 Å². The first-order chi connectivity index (χ1) is 15.6. The lowest BCUT2D eigenvalue weighted by Gasteiger charge is -2.25. The van der Waals surface area contributed by atoms with E-state index in [1.807, 2.05) is 47.4 Å². The number of rotatable bonds is 6. The van der Waals surface area contributed by atoms with Gasteiger partial charge < -0.3 is 19.9 Å². The van der Waals surface area contributed by atoms with Gasteiger partial charge >= 0.3 is 12.0 Å². The van der Waals surface area contributed by atoms with E-state index in [1.165, 1.54) is 0 Å². The number of hydrogen-bond acceptors (Lipinski definition) is 7. The van der Waals surface area contributed by atoms with Crippen molar-refractivity contribution >= 4 is 38.8 Å². The molecule has 0 spiro atoms. The number of carbonyl (C=O) groups is 2. The van der Waals surface area contributed by atoms with Gasteiger partial charge in [0.05, 0.1) is 19.1 Å². The van der Waals surface area contributed by atoms with E-state index in [9.17, 15) is 9.59 Å². The maximum atomic E-state index is 13.1. The lowest BCUT2D eigenvalue weighted by molar-refractivity contribution is -0.143. The number of thiazole rings is 1. The van der Waals surface area contributed by atoms with Crippen molar-refractivity contribution in [3.8, 4) is 0 Å². The molecular formula is C23H27N5O3S. The molecule has 0 bridgehead atoms. The maximum absolute atomic E-state index is 13.1. The van der Waals surface area contributed by atoms with Crippen molar-refractivity contribution in [2.24, 2.45) is 0 Å². The first kappa shape index (κ1) is 22.0. The maximum Gasteiger partial charge on any atom is 0.317 e. The molecular weight excluding hydrogens is 426 g/mol. The standard InChI is InChI=1S/C23H27N5O3S/c1-2-31-20(29)16-19(17-8-4-3-5-9-17)25-22(30)27-12-7-13-28(15-14-27)23-26-18-10-6-11-24-21(18)32-23/h3-6,8-11,19H,2,7,12-16H2,1H3,(H,25,30). The first-order valence-corrected chi connectivity index (χ1v) is 11.7. The Morgan fingerprint density at radius 1 is 1.12 bits per heavy atom. The van der Waals surface area contributed by atoms with Crippen molar-refractivity contribution in [2.45, 2.75) is 25.8 Å². The summed E-state index contributed by atoms with van der Waals surface area (Å²) in [5.41, 5.74) is 1.78. The molecule has 3 heterocycles. The fourth-order valence-corrected chi connectivity index (χ4v) is 4.73. The summed E-state index contributed by atoms with van der Waals surface area (Å²) in [5, 5.41) is 3.98. The molecule has 4 rings (SSSR count). The highest BCUT2D eigenvalue weighted by Gasteiger charge is 2.25. The molecule has 2 aromatic heterocycles. The Morgan fingerprint density at radius 2 is 1.97 bits per heavy atom. The summed E-state index contributed by atoms with van der Waals surface area (Å²) in [4.78, 5) is 39.2. The Balaban J connectivity index is 1.41. The van der Waals surface area contributed by atoms with Crippen LogP contribution in [-0.2, 0) is 9.53 Å². The number of esters is 1.